The van der Waals surface area contributed by atoms with E-state index in [0.29, 0.717) is 19.7 Å². The molecular weight excluding hydrogens is 144 g/mol. The number of ether oxygens (including phenoxy) is 1. The van der Waals surface area contributed by atoms with Gasteiger partial charge in [-0.3, -0.25) is 0 Å². The first-order valence-corrected chi connectivity index (χ1v) is 3.73. The van der Waals surface area contributed by atoms with Crippen molar-refractivity contribution < 1.29 is 9.84 Å². The molecule has 0 aliphatic carbocycles. The van der Waals surface area contributed by atoms with Crippen LogP contribution in [0.25, 0.3) is 0 Å². The molecule has 66 valence electrons. The van der Waals surface area contributed by atoms with Crippen molar-refractivity contribution in [1.82, 2.24) is 5.32 Å². The lowest BCUT2D eigenvalue weighted by atomic mass is 9.78. The predicted octanol–water partition coefficient (Wildman–Crippen LogP) is -1.32. The lowest BCUT2D eigenvalue weighted by molar-refractivity contribution is -0.0913. The zero-order valence-electron chi connectivity index (χ0n) is 7.05. The molecule has 0 radical (unpaired) electrons. The van der Waals surface area contributed by atoms with Gasteiger partial charge in [-0.05, 0) is 6.92 Å². The van der Waals surface area contributed by atoms with Crippen LogP contribution >= 0.6 is 0 Å². The van der Waals surface area contributed by atoms with E-state index in [9.17, 15) is 5.11 Å². The van der Waals surface area contributed by atoms with E-state index in [1.165, 1.54) is 0 Å². The standard InChI is InChI=1S/C7H16N2O2/c1-6(8,5-11-2)7(10)3-9-4-7/h9-10H,3-5,8H2,1-2H3. The molecule has 1 unspecified atom stereocenters. The summed E-state index contributed by atoms with van der Waals surface area (Å²) in [5.41, 5.74) is 4.42. The summed E-state index contributed by atoms with van der Waals surface area (Å²) in [5.74, 6) is 0. The molecule has 11 heavy (non-hydrogen) atoms. The number of nitrogens with one attached hydrogen (secondary N) is 1. The van der Waals surface area contributed by atoms with Gasteiger partial charge in [-0.1, -0.05) is 0 Å². The molecule has 4 nitrogen and oxygen atoms in total. The van der Waals surface area contributed by atoms with E-state index in [0.717, 1.165) is 0 Å². The Bertz CT molecular complexity index is 143. The van der Waals surface area contributed by atoms with Gasteiger partial charge in [-0.25, -0.2) is 0 Å². The summed E-state index contributed by atoms with van der Waals surface area (Å²) in [5, 5.41) is 12.8. The number of nitrogens with two attached hydrogens (primary N) is 1. The topological polar surface area (TPSA) is 67.5 Å². The maximum Gasteiger partial charge on any atom is 0.109 e. The van der Waals surface area contributed by atoms with Crippen molar-refractivity contribution in [2.24, 2.45) is 5.73 Å². The maximum atomic E-state index is 9.80. The van der Waals surface area contributed by atoms with Crippen molar-refractivity contribution in [1.29, 1.82) is 0 Å². The molecule has 0 bridgehead atoms. The molecular formula is C7H16N2O2. The predicted molar refractivity (Wildman–Crippen MR) is 42.3 cm³/mol. The van der Waals surface area contributed by atoms with E-state index < -0.39 is 11.1 Å². The van der Waals surface area contributed by atoms with E-state index in [1.807, 2.05) is 0 Å². The number of methoxy groups -OCH3 is 1. The largest absolute Gasteiger partial charge is 0.385 e. The summed E-state index contributed by atoms with van der Waals surface area (Å²) in [6, 6.07) is 0. The third-order valence-electron chi connectivity index (χ3n) is 2.34. The van der Waals surface area contributed by atoms with E-state index in [2.05, 4.69) is 5.32 Å². The average Bonchev–Trinajstić information content (AvgIpc) is 1.82. The minimum atomic E-state index is -0.789. The molecule has 1 fully saturated rings. The molecule has 0 aromatic carbocycles. The first-order valence-electron chi connectivity index (χ1n) is 3.73. The highest BCUT2D eigenvalue weighted by Gasteiger charge is 2.48. The lowest BCUT2D eigenvalue weighted by Gasteiger charge is -2.48. The Hall–Kier alpha value is -0.160. The summed E-state index contributed by atoms with van der Waals surface area (Å²) < 4.78 is 4.92. The SMILES string of the molecule is COCC(C)(N)C1(O)CNC1. The van der Waals surface area contributed by atoms with Crippen molar-refractivity contribution in [3.63, 3.8) is 0 Å². The van der Waals surface area contributed by atoms with Gasteiger partial charge in [0.15, 0.2) is 0 Å². The Morgan fingerprint density at radius 3 is 2.55 bits per heavy atom. The van der Waals surface area contributed by atoms with Crippen molar-refractivity contribution in [2.45, 2.75) is 18.1 Å². The van der Waals surface area contributed by atoms with Crippen LogP contribution in [-0.4, -0.2) is 43.1 Å². The van der Waals surface area contributed by atoms with Gasteiger partial charge >= 0.3 is 0 Å². The third kappa shape index (κ3) is 1.39. The first-order chi connectivity index (χ1) is 5.02. The average molecular weight is 160 g/mol. The highest BCUT2D eigenvalue weighted by atomic mass is 16.5. The number of aliphatic hydroxyl groups is 1. The summed E-state index contributed by atoms with van der Waals surface area (Å²) in [6.45, 7) is 3.30. The minimum absolute atomic E-state index is 0.380. The van der Waals surface area contributed by atoms with Gasteiger partial charge in [0.25, 0.3) is 0 Å². The molecule has 1 aliphatic rings. The zero-order chi connectivity index (χ0) is 8.54. The number of rotatable bonds is 3. The fraction of sp³-hybridized carbons (Fsp3) is 1.00. The third-order valence-corrected chi connectivity index (χ3v) is 2.34. The number of hydrogen-bond acceptors (Lipinski definition) is 4. The molecule has 0 spiro atoms. The number of hydrogen-bond donors (Lipinski definition) is 3. The van der Waals surface area contributed by atoms with Crippen LogP contribution in [-0.2, 0) is 4.74 Å². The number of β-amino-alcohol motifs (C(OH)–C–C–N with tert-alkyl or cyclic N) is 1. The van der Waals surface area contributed by atoms with Crippen LogP contribution in [0.5, 0.6) is 0 Å². The summed E-state index contributed by atoms with van der Waals surface area (Å²) in [6.07, 6.45) is 0. The molecule has 1 aliphatic heterocycles. The maximum absolute atomic E-state index is 9.80. The normalized spacial score (nSPS) is 27.3. The van der Waals surface area contributed by atoms with E-state index in [4.69, 9.17) is 10.5 Å². The molecule has 0 saturated carbocycles. The van der Waals surface area contributed by atoms with Crippen LogP contribution in [0.1, 0.15) is 6.92 Å². The van der Waals surface area contributed by atoms with Crippen molar-refractivity contribution in [3.05, 3.63) is 0 Å². The van der Waals surface area contributed by atoms with E-state index in [-0.39, 0.29) is 0 Å². The van der Waals surface area contributed by atoms with E-state index >= 15 is 0 Å². The molecule has 4 N–H and O–H groups in total. The lowest BCUT2D eigenvalue weighted by Crippen LogP contribution is -2.75. The Morgan fingerprint density at radius 2 is 2.27 bits per heavy atom. The molecule has 0 aromatic heterocycles. The van der Waals surface area contributed by atoms with Gasteiger partial charge in [0.2, 0.25) is 0 Å². The Labute approximate surface area is 66.7 Å². The van der Waals surface area contributed by atoms with Gasteiger partial charge in [-0.2, -0.15) is 0 Å². The van der Waals surface area contributed by atoms with Crippen LogP contribution in [0.15, 0.2) is 0 Å². The second-order valence-electron chi connectivity index (χ2n) is 3.49. The van der Waals surface area contributed by atoms with E-state index in [1.54, 1.807) is 14.0 Å². The summed E-state index contributed by atoms with van der Waals surface area (Å²) in [4.78, 5) is 0. The minimum Gasteiger partial charge on any atom is -0.385 e. The van der Waals surface area contributed by atoms with Gasteiger partial charge in [0.05, 0.1) is 12.1 Å². The summed E-state index contributed by atoms with van der Waals surface area (Å²) in [7, 11) is 1.58. The molecule has 1 heterocycles. The molecule has 1 rings (SSSR count). The van der Waals surface area contributed by atoms with Gasteiger partial charge in [-0.15, -0.1) is 0 Å². The Morgan fingerprint density at radius 1 is 1.73 bits per heavy atom. The second-order valence-corrected chi connectivity index (χ2v) is 3.49. The van der Waals surface area contributed by atoms with Crippen LogP contribution in [0, 0.1) is 0 Å². The first kappa shape index (κ1) is 8.93. The summed E-state index contributed by atoms with van der Waals surface area (Å²) >= 11 is 0. The fourth-order valence-electron chi connectivity index (χ4n) is 1.20. The Balaban J connectivity index is 2.55. The monoisotopic (exact) mass is 160 g/mol. The fourth-order valence-corrected chi connectivity index (χ4v) is 1.20. The van der Waals surface area contributed by atoms with Gasteiger partial charge < -0.3 is 20.9 Å². The van der Waals surface area contributed by atoms with Crippen LogP contribution in [0.2, 0.25) is 0 Å². The Kier molecular flexibility index (Phi) is 2.20. The second kappa shape index (κ2) is 2.71. The van der Waals surface area contributed by atoms with Crippen LogP contribution < -0.4 is 11.1 Å². The molecule has 1 atom stereocenters. The molecule has 0 amide bonds. The highest BCUT2D eigenvalue weighted by molar-refractivity contribution is 5.08. The molecule has 0 aromatic rings. The van der Waals surface area contributed by atoms with Crippen LogP contribution in [0.3, 0.4) is 0 Å². The molecule has 1 saturated heterocycles. The van der Waals surface area contributed by atoms with Crippen molar-refractivity contribution in [2.75, 3.05) is 26.8 Å². The zero-order valence-corrected chi connectivity index (χ0v) is 7.05. The quantitative estimate of drug-likeness (QED) is 0.479. The highest BCUT2D eigenvalue weighted by Crippen LogP contribution is 2.23. The van der Waals surface area contributed by atoms with Crippen molar-refractivity contribution >= 4 is 0 Å². The van der Waals surface area contributed by atoms with Crippen molar-refractivity contribution in [3.8, 4) is 0 Å². The molecule has 4 heteroatoms. The smallest absolute Gasteiger partial charge is 0.109 e. The van der Waals surface area contributed by atoms with Gasteiger partial charge in [0, 0.05) is 20.2 Å². The van der Waals surface area contributed by atoms with Gasteiger partial charge in [0.1, 0.15) is 5.60 Å². The van der Waals surface area contributed by atoms with Crippen LogP contribution in [0.4, 0.5) is 0 Å².